The molecule has 4 aromatic rings. The van der Waals surface area contributed by atoms with Crippen molar-refractivity contribution in [1.29, 1.82) is 0 Å². The van der Waals surface area contributed by atoms with E-state index in [2.05, 4.69) is 15.3 Å². The van der Waals surface area contributed by atoms with Crippen LogP contribution in [0.4, 0.5) is 10.1 Å². The van der Waals surface area contributed by atoms with Gasteiger partial charge in [-0.2, -0.15) is 0 Å². The van der Waals surface area contributed by atoms with Crippen molar-refractivity contribution in [1.82, 2.24) is 9.97 Å². The molecular weight excluding hydrogens is 425 g/mol. The zero-order valence-electron chi connectivity index (χ0n) is 17.9. The predicted molar refractivity (Wildman–Crippen MR) is 121 cm³/mol. The first-order valence-electron chi connectivity index (χ1n) is 9.95. The number of anilines is 1. The van der Waals surface area contributed by atoms with E-state index in [0.717, 1.165) is 11.1 Å². The topological polar surface area (TPSA) is 82.6 Å². The van der Waals surface area contributed by atoms with Gasteiger partial charge in [0.2, 0.25) is 0 Å². The Labute approximate surface area is 189 Å². The van der Waals surface area contributed by atoms with Crippen LogP contribution in [0.1, 0.15) is 10.4 Å². The van der Waals surface area contributed by atoms with Crippen LogP contribution >= 0.6 is 0 Å². The average Bonchev–Trinajstić information content (AvgIpc) is 2.85. The Kier molecular flexibility index (Phi) is 6.45. The third kappa shape index (κ3) is 5.24. The number of ether oxygens (including phenoxy) is 3. The van der Waals surface area contributed by atoms with Crippen LogP contribution in [0.15, 0.2) is 79.1 Å². The van der Waals surface area contributed by atoms with E-state index >= 15 is 0 Å². The maximum absolute atomic E-state index is 13.1. The van der Waals surface area contributed by atoms with Gasteiger partial charge in [-0.15, -0.1) is 0 Å². The number of amides is 1. The molecule has 0 aliphatic rings. The van der Waals surface area contributed by atoms with Crippen LogP contribution in [0.2, 0.25) is 0 Å². The average molecular weight is 445 g/mol. The lowest BCUT2D eigenvalue weighted by Crippen LogP contribution is -2.12. The molecule has 0 bridgehead atoms. The summed E-state index contributed by atoms with van der Waals surface area (Å²) < 4.78 is 29.2. The van der Waals surface area contributed by atoms with Gasteiger partial charge in [0.15, 0.2) is 0 Å². The Bertz CT molecular complexity index is 1240. The first-order chi connectivity index (χ1) is 16.1. The minimum absolute atomic E-state index is 0.154. The van der Waals surface area contributed by atoms with Gasteiger partial charge in [0.1, 0.15) is 23.1 Å². The summed E-state index contributed by atoms with van der Waals surface area (Å²) in [4.78, 5) is 21.0. The molecule has 1 aromatic heterocycles. The van der Waals surface area contributed by atoms with Crippen LogP contribution < -0.4 is 19.5 Å². The Morgan fingerprint density at radius 1 is 0.818 bits per heavy atom. The molecule has 8 heteroatoms. The van der Waals surface area contributed by atoms with E-state index in [4.69, 9.17) is 14.2 Å². The van der Waals surface area contributed by atoms with E-state index in [0.29, 0.717) is 28.5 Å². The number of hydrogen-bond acceptors (Lipinski definition) is 6. The smallest absolute Gasteiger partial charge is 0.321 e. The highest BCUT2D eigenvalue weighted by Crippen LogP contribution is 2.29. The standard InChI is InChI=1S/C25H20FN3O4/c1-31-21-11-12-22(23(13-21)32-2)29-24(30)17-5-9-20(10-6-17)33-25-27-14-18(15-28-25)16-3-7-19(26)8-4-16/h3-15H,1-2H3,(H,29,30). The van der Waals surface area contributed by atoms with Gasteiger partial charge >= 0.3 is 6.01 Å². The largest absolute Gasteiger partial charge is 0.497 e. The number of aromatic nitrogens is 2. The van der Waals surface area contributed by atoms with E-state index < -0.39 is 0 Å². The quantitative estimate of drug-likeness (QED) is 0.413. The van der Waals surface area contributed by atoms with Gasteiger partial charge < -0.3 is 19.5 Å². The van der Waals surface area contributed by atoms with Gasteiger partial charge in [0.25, 0.3) is 5.91 Å². The molecule has 0 saturated heterocycles. The molecule has 0 atom stereocenters. The van der Waals surface area contributed by atoms with Gasteiger partial charge in [-0.05, 0) is 54.1 Å². The molecule has 4 rings (SSSR count). The third-order valence-corrected chi connectivity index (χ3v) is 4.79. The molecule has 0 aliphatic heterocycles. The number of methoxy groups -OCH3 is 2. The number of halogens is 1. The maximum atomic E-state index is 13.1. The molecule has 0 fully saturated rings. The highest BCUT2D eigenvalue weighted by Gasteiger charge is 2.11. The molecular formula is C25H20FN3O4. The Morgan fingerprint density at radius 3 is 2.12 bits per heavy atom. The normalized spacial score (nSPS) is 10.4. The Hall–Kier alpha value is -4.46. The lowest BCUT2D eigenvalue weighted by Gasteiger charge is -2.12. The molecule has 0 saturated carbocycles. The van der Waals surface area contributed by atoms with Crippen molar-refractivity contribution in [3.05, 3.63) is 90.5 Å². The SMILES string of the molecule is COc1ccc(NC(=O)c2ccc(Oc3ncc(-c4ccc(F)cc4)cn3)cc2)c(OC)c1. The number of carbonyl (C=O) groups is 1. The van der Waals surface area contributed by atoms with Crippen LogP contribution in [0.3, 0.4) is 0 Å². The molecule has 7 nitrogen and oxygen atoms in total. The molecule has 0 spiro atoms. The second kappa shape index (κ2) is 9.78. The first-order valence-corrected chi connectivity index (χ1v) is 9.95. The fourth-order valence-corrected chi connectivity index (χ4v) is 3.04. The number of benzene rings is 3. The van der Waals surface area contributed by atoms with Crippen molar-refractivity contribution in [2.75, 3.05) is 19.5 Å². The molecule has 0 radical (unpaired) electrons. The molecule has 166 valence electrons. The Morgan fingerprint density at radius 2 is 1.48 bits per heavy atom. The zero-order chi connectivity index (χ0) is 23.2. The van der Waals surface area contributed by atoms with Gasteiger partial charge in [-0.3, -0.25) is 4.79 Å². The minimum Gasteiger partial charge on any atom is -0.497 e. The number of nitrogens with one attached hydrogen (secondary N) is 1. The minimum atomic E-state index is -0.306. The van der Waals surface area contributed by atoms with Crippen LogP contribution in [0.25, 0.3) is 11.1 Å². The van der Waals surface area contributed by atoms with Gasteiger partial charge in [-0.1, -0.05) is 12.1 Å². The summed E-state index contributed by atoms with van der Waals surface area (Å²) in [5.41, 5.74) is 2.50. The summed E-state index contributed by atoms with van der Waals surface area (Å²) >= 11 is 0. The van der Waals surface area contributed by atoms with Crippen molar-refractivity contribution in [2.45, 2.75) is 0 Å². The van der Waals surface area contributed by atoms with Crippen LogP contribution in [-0.2, 0) is 0 Å². The summed E-state index contributed by atoms with van der Waals surface area (Å²) in [6, 6.07) is 17.9. The number of carbonyl (C=O) groups excluding carboxylic acids is 1. The maximum Gasteiger partial charge on any atom is 0.321 e. The number of rotatable bonds is 7. The van der Waals surface area contributed by atoms with E-state index in [-0.39, 0.29) is 17.7 Å². The monoisotopic (exact) mass is 445 g/mol. The summed E-state index contributed by atoms with van der Waals surface area (Å²) in [7, 11) is 3.08. The molecule has 33 heavy (non-hydrogen) atoms. The van der Waals surface area contributed by atoms with E-state index in [1.807, 2.05) is 0 Å². The summed E-state index contributed by atoms with van der Waals surface area (Å²) in [5.74, 6) is 0.982. The van der Waals surface area contributed by atoms with E-state index in [1.54, 1.807) is 74.1 Å². The van der Waals surface area contributed by atoms with Crippen molar-refractivity contribution in [2.24, 2.45) is 0 Å². The molecule has 1 N–H and O–H groups in total. The first kappa shape index (κ1) is 21.8. The van der Waals surface area contributed by atoms with Gasteiger partial charge in [0, 0.05) is 29.6 Å². The van der Waals surface area contributed by atoms with Crippen molar-refractivity contribution >= 4 is 11.6 Å². The number of nitrogens with zero attached hydrogens (tertiary/aromatic N) is 2. The van der Waals surface area contributed by atoms with Gasteiger partial charge in [-0.25, -0.2) is 14.4 Å². The van der Waals surface area contributed by atoms with Crippen molar-refractivity contribution in [3.63, 3.8) is 0 Å². The Balaban J connectivity index is 1.41. The van der Waals surface area contributed by atoms with Crippen molar-refractivity contribution in [3.8, 4) is 34.4 Å². The predicted octanol–water partition coefficient (Wildman–Crippen LogP) is 5.34. The summed E-state index contributed by atoms with van der Waals surface area (Å²) in [6.07, 6.45) is 3.19. The molecule has 1 heterocycles. The second-order valence-corrected chi connectivity index (χ2v) is 6.91. The van der Waals surface area contributed by atoms with Crippen molar-refractivity contribution < 1.29 is 23.4 Å². The molecule has 0 aliphatic carbocycles. The van der Waals surface area contributed by atoms with Crippen LogP contribution in [0, 0.1) is 5.82 Å². The lowest BCUT2D eigenvalue weighted by molar-refractivity contribution is 0.102. The van der Waals surface area contributed by atoms with Crippen LogP contribution in [0.5, 0.6) is 23.3 Å². The molecule has 0 unspecified atom stereocenters. The lowest BCUT2D eigenvalue weighted by atomic mass is 10.1. The zero-order valence-corrected chi connectivity index (χ0v) is 17.9. The number of hydrogen-bond donors (Lipinski definition) is 1. The fraction of sp³-hybridized carbons (Fsp3) is 0.0800. The molecule has 1 amide bonds. The summed E-state index contributed by atoms with van der Waals surface area (Å²) in [6.45, 7) is 0. The molecule has 3 aromatic carbocycles. The van der Waals surface area contributed by atoms with E-state index in [1.165, 1.54) is 19.2 Å². The second-order valence-electron chi connectivity index (χ2n) is 6.91. The third-order valence-electron chi connectivity index (χ3n) is 4.79. The highest BCUT2D eigenvalue weighted by atomic mass is 19.1. The fourth-order valence-electron chi connectivity index (χ4n) is 3.04. The highest BCUT2D eigenvalue weighted by molar-refractivity contribution is 6.05. The van der Waals surface area contributed by atoms with Crippen LogP contribution in [-0.4, -0.2) is 30.1 Å². The van der Waals surface area contributed by atoms with E-state index in [9.17, 15) is 9.18 Å². The summed E-state index contributed by atoms with van der Waals surface area (Å²) in [5, 5.41) is 2.81. The van der Waals surface area contributed by atoms with Gasteiger partial charge in [0.05, 0.1) is 19.9 Å².